The number of aryl methyl sites for hydroxylation is 1. The van der Waals surface area contributed by atoms with E-state index in [1.54, 1.807) is 18.2 Å². The SMILES string of the molecule is Cc1cc(C(=O)COC(=O)CN2C(=O)c3ccccc3C2=O)c(C)n1CC1CCCO1. The zero-order valence-corrected chi connectivity index (χ0v) is 17.6. The lowest BCUT2D eigenvalue weighted by Gasteiger charge is -2.15. The second-order valence-corrected chi connectivity index (χ2v) is 7.86. The molecule has 1 unspecified atom stereocenters. The molecule has 0 aliphatic carbocycles. The number of carbonyl (C=O) groups is 4. The Kier molecular flexibility index (Phi) is 5.73. The van der Waals surface area contributed by atoms with Crippen molar-refractivity contribution in [2.45, 2.75) is 39.3 Å². The number of hydrogen-bond donors (Lipinski definition) is 0. The van der Waals surface area contributed by atoms with Gasteiger partial charge in [0.2, 0.25) is 5.78 Å². The Morgan fingerprint density at radius 1 is 1.13 bits per heavy atom. The number of fused-ring (bicyclic) bond motifs is 1. The molecule has 0 saturated carbocycles. The van der Waals surface area contributed by atoms with E-state index in [1.807, 2.05) is 18.4 Å². The summed E-state index contributed by atoms with van der Waals surface area (Å²) in [5.41, 5.74) is 2.75. The Morgan fingerprint density at radius 3 is 2.42 bits per heavy atom. The van der Waals surface area contributed by atoms with Crippen LogP contribution in [-0.2, 0) is 20.8 Å². The number of hydrogen-bond acceptors (Lipinski definition) is 6. The molecule has 8 heteroatoms. The first-order valence-electron chi connectivity index (χ1n) is 10.3. The van der Waals surface area contributed by atoms with Crippen molar-refractivity contribution in [1.29, 1.82) is 0 Å². The van der Waals surface area contributed by atoms with Crippen molar-refractivity contribution in [2.24, 2.45) is 0 Å². The van der Waals surface area contributed by atoms with Gasteiger partial charge in [-0.05, 0) is 44.9 Å². The maximum atomic E-state index is 12.6. The highest BCUT2D eigenvalue weighted by Gasteiger charge is 2.36. The molecule has 0 bridgehead atoms. The summed E-state index contributed by atoms with van der Waals surface area (Å²) >= 11 is 0. The maximum Gasteiger partial charge on any atom is 0.326 e. The van der Waals surface area contributed by atoms with Crippen molar-refractivity contribution in [2.75, 3.05) is 19.8 Å². The second-order valence-electron chi connectivity index (χ2n) is 7.86. The number of esters is 1. The normalized spacial score (nSPS) is 17.9. The van der Waals surface area contributed by atoms with E-state index in [-0.39, 0.29) is 23.0 Å². The molecule has 0 radical (unpaired) electrons. The highest BCUT2D eigenvalue weighted by molar-refractivity contribution is 6.22. The van der Waals surface area contributed by atoms with Crippen LogP contribution in [0.15, 0.2) is 30.3 Å². The molecule has 3 heterocycles. The van der Waals surface area contributed by atoms with Gasteiger partial charge < -0.3 is 14.0 Å². The third-order valence-corrected chi connectivity index (χ3v) is 5.81. The van der Waals surface area contributed by atoms with Crippen molar-refractivity contribution in [1.82, 2.24) is 9.47 Å². The molecule has 1 fully saturated rings. The van der Waals surface area contributed by atoms with Crippen LogP contribution in [0.1, 0.15) is 55.3 Å². The molecule has 1 atom stereocenters. The predicted molar refractivity (Wildman–Crippen MR) is 110 cm³/mol. The number of rotatable bonds is 7. The van der Waals surface area contributed by atoms with Gasteiger partial charge in [0.05, 0.1) is 17.2 Å². The van der Waals surface area contributed by atoms with Crippen LogP contribution in [0.3, 0.4) is 0 Å². The Morgan fingerprint density at radius 2 is 1.81 bits per heavy atom. The zero-order valence-electron chi connectivity index (χ0n) is 17.6. The van der Waals surface area contributed by atoms with Gasteiger partial charge in [-0.1, -0.05) is 12.1 Å². The average Bonchev–Trinajstić information content (AvgIpc) is 3.44. The molecule has 1 aromatic heterocycles. The number of amides is 2. The summed E-state index contributed by atoms with van der Waals surface area (Å²) in [5, 5.41) is 0. The summed E-state index contributed by atoms with van der Waals surface area (Å²) in [6, 6.07) is 8.16. The molecule has 4 rings (SSSR count). The zero-order chi connectivity index (χ0) is 22.1. The van der Waals surface area contributed by atoms with Gasteiger partial charge in [0, 0.05) is 30.1 Å². The molecular formula is C23H24N2O6. The first-order valence-corrected chi connectivity index (χ1v) is 10.3. The number of carbonyl (C=O) groups excluding carboxylic acids is 4. The van der Waals surface area contributed by atoms with E-state index in [0.29, 0.717) is 12.1 Å². The van der Waals surface area contributed by atoms with Crippen molar-refractivity contribution in [3.8, 4) is 0 Å². The van der Waals surface area contributed by atoms with E-state index < -0.39 is 30.9 Å². The molecule has 1 saturated heterocycles. The number of imide groups is 1. The van der Waals surface area contributed by atoms with E-state index in [2.05, 4.69) is 0 Å². The van der Waals surface area contributed by atoms with Gasteiger partial charge in [-0.15, -0.1) is 0 Å². The smallest absolute Gasteiger partial charge is 0.326 e. The number of ether oxygens (including phenoxy) is 2. The van der Waals surface area contributed by atoms with E-state index in [4.69, 9.17) is 9.47 Å². The molecule has 0 spiro atoms. The number of Topliss-reactive ketones (excluding diaryl/α,β-unsaturated/α-hetero) is 1. The van der Waals surface area contributed by atoms with Gasteiger partial charge in [-0.2, -0.15) is 0 Å². The quantitative estimate of drug-likeness (QED) is 0.385. The fraction of sp³-hybridized carbons (Fsp3) is 0.391. The lowest BCUT2D eigenvalue weighted by atomic mass is 10.1. The van der Waals surface area contributed by atoms with Gasteiger partial charge in [0.1, 0.15) is 6.54 Å². The van der Waals surface area contributed by atoms with Crippen LogP contribution >= 0.6 is 0 Å². The molecule has 2 aliphatic rings. The molecule has 8 nitrogen and oxygen atoms in total. The topological polar surface area (TPSA) is 94.9 Å². The monoisotopic (exact) mass is 424 g/mol. The highest BCUT2D eigenvalue weighted by Crippen LogP contribution is 2.23. The summed E-state index contributed by atoms with van der Waals surface area (Å²) < 4.78 is 12.8. The molecule has 0 N–H and O–H groups in total. The van der Waals surface area contributed by atoms with Crippen molar-refractivity contribution < 1.29 is 28.7 Å². The van der Waals surface area contributed by atoms with E-state index in [1.165, 1.54) is 12.1 Å². The lowest BCUT2D eigenvalue weighted by molar-refractivity contribution is -0.142. The molecule has 2 aromatic rings. The maximum absolute atomic E-state index is 12.6. The van der Waals surface area contributed by atoms with Crippen LogP contribution in [0.25, 0.3) is 0 Å². The van der Waals surface area contributed by atoms with Crippen LogP contribution in [0, 0.1) is 13.8 Å². The van der Waals surface area contributed by atoms with E-state index in [9.17, 15) is 19.2 Å². The predicted octanol–water partition coefficient (Wildman–Crippen LogP) is 2.31. The van der Waals surface area contributed by atoms with E-state index >= 15 is 0 Å². The fourth-order valence-corrected chi connectivity index (χ4v) is 4.14. The van der Waals surface area contributed by atoms with E-state index in [0.717, 1.165) is 35.7 Å². The van der Waals surface area contributed by atoms with Gasteiger partial charge in [-0.3, -0.25) is 24.1 Å². The second kappa shape index (κ2) is 8.47. The Hall–Kier alpha value is -3.26. The Labute approximate surface area is 179 Å². The minimum atomic E-state index is -0.809. The summed E-state index contributed by atoms with van der Waals surface area (Å²) in [6.45, 7) is 4.25. The average molecular weight is 424 g/mol. The molecule has 2 aliphatic heterocycles. The highest BCUT2D eigenvalue weighted by atomic mass is 16.5. The third kappa shape index (κ3) is 4.03. The van der Waals surface area contributed by atoms with Gasteiger partial charge in [0.25, 0.3) is 11.8 Å². The number of benzene rings is 1. The molecule has 31 heavy (non-hydrogen) atoms. The van der Waals surface area contributed by atoms with Crippen LogP contribution in [0.4, 0.5) is 0 Å². The van der Waals surface area contributed by atoms with Gasteiger partial charge in [-0.25, -0.2) is 0 Å². The van der Waals surface area contributed by atoms with Crippen LogP contribution in [0.2, 0.25) is 0 Å². The minimum absolute atomic E-state index is 0.144. The number of aromatic nitrogens is 1. The Bertz CT molecular complexity index is 1030. The summed E-state index contributed by atoms with van der Waals surface area (Å²) in [4.78, 5) is 50.4. The Balaban J connectivity index is 1.35. The summed E-state index contributed by atoms with van der Waals surface area (Å²) in [7, 11) is 0. The van der Waals surface area contributed by atoms with Crippen molar-refractivity contribution in [3.63, 3.8) is 0 Å². The molecule has 2 amide bonds. The first-order chi connectivity index (χ1) is 14.9. The molecule has 1 aromatic carbocycles. The standard InChI is InChI=1S/C23H24N2O6/c1-14-10-19(15(2)24(14)11-16-6-5-9-30-16)20(26)13-31-21(27)12-25-22(28)17-7-3-4-8-18(17)23(25)29/h3-4,7-8,10,16H,5-6,9,11-13H2,1-2H3. The summed E-state index contributed by atoms with van der Waals surface area (Å²) in [6.07, 6.45) is 2.18. The van der Waals surface area contributed by atoms with Crippen LogP contribution < -0.4 is 0 Å². The van der Waals surface area contributed by atoms with Gasteiger partial charge in [0.15, 0.2) is 6.61 Å². The fourth-order valence-electron chi connectivity index (χ4n) is 4.14. The first kappa shape index (κ1) is 21.0. The van der Waals surface area contributed by atoms with Crippen molar-refractivity contribution >= 4 is 23.6 Å². The lowest BCUT2D eigenvalue weighted by Crippen LogP contribution is -2.36. The largest absolute Gasteiger partial charge is 0.456 e. The third-order valence-electron chi connectivity index (χ3n) is 5.81. The molecular weight excluding hydrogens is 400 g/mol. The number of ketones is 1. The van der Waals surface area contributed by atoms with Crippen LogP contribution in [0.5, 0.6) is 0 Å². The van der Waals surface area contributed by atoms with Gasteiger partial charge >= 0.3 is 5.97 Å². The number of nitrogens with zero attached hydrogens (tertiary/aromatic N) is 2. The van der Waals surface area contributed by atoms with Crippen LogP contribution in [-0.4, -0.2) is 58.9 Å². The summed E-state index contributed by atoms with van der Waals surface area (Å²) in [5.74, 6) is -2.22. The molecule has 162 valence electrons. The van der Waals surface area contributed by atoms with Crippen molar-refractivity contribution in [3.05, 3.63) is 58.4 Å². The minimum Gasteiger partial charge on any atom is -0.456 e.